The lowest BCUT2D eigenvalue weighted by Crippen LogP contribution is -2.33. The summed E-state index contributed by atoms with van der Waals surface area (Å²) < 4.78 is 5.19. The molecule has 2 aliphatic carbocycles. The van der Waals surface area contributed by atoms with Crippen molar-refractivity contribution in [3.63, 3.8) is 0 Å². The van der Waals surface area contributed by atoms with E-state index in [0.717, 1.165) is 12.8 Å². The smallest absolute Gasteiger partial charge is 0.338 e. The molecule has 1 aliphatic heterocycles. The zero-order chi connectivity index (χ0) is 28.0. The van der Waals surface area contributed by atoms with E-state index in [4.69, 9.17) is 4.74 Å². The summed E-state index contributed by atoms with van der Waals surface area (Å²) in [6.07, 6.45) is 1.78. The second-order valence-corrected chi connectivity index (χ2v) is 10.8. The summed E-state index contributed by atoms with van der Waals surface area (Å²) in [5.74, 6) is -1.97. The molecule has 5 atom stereocenters. The van der Waals surface area contributed by atoms with Gasteiger partial charge in [0.25, 0.3) is 5.91 Å². The van der Waals surface area contributed by atoms with E-state index in [0.29, 0.717) is 16.9 Å². The molecule has 3 fully saturated rings. The zero-order valence-electron chi connectivity index (χ0n) is 21.9. The monoisotopic (exact) mass is 536 g/mol. The summed E-state index contributed by atoms with van der Waals surface area (Å²) in [7, 11) is 0. The number of carbonyl (C=O) groups excluding carboxylic acids is 5. The molecular formula is C32H28N2O6. The van der Waals surface area contributed by atoms with Crippen LogP contribution in [-0.2, 0) is 19.1 Å². The Labute approximate surface area is 231 Å². The number of rotatable bonds is 7. The molecular weight excluding hydrogens is 508 g/mol. The van der Waals surface area contributed by atoms with Gasteiger partial charge in [-0.05, 0) is 73.4 Å². The van der Waals surface area contributed by atoms with Crippen LogP contribution in [0.2, 0.25) is 0 Å². The lowest BCUT2D eigenvalue weighted by molar-refractivity contribution is -0.123. The van der Waals surface area contributed by atoms with Crippen LogP contribution in [0.1, 0.15) is 52.0 Å². The Morgan fingerprint density at radius 2 is 1.57 bits per heavy atom. The van der Waals surface area contributed by atoms with Crippen LogP contribution in [0.25, 0.3) is 0 Å². The third-order valence-electron chi connectivity index (χ3n) is 8.47. The highest BCUT2D eigenvalue weighted by molar-refractivity contribution is 6.23. The summed E-state index contributed by atoms with van der Waals surface area (Å²) in [5.41, 5.74) is 2.54. The van der Waals surface area contributed by atoms with Crippen molar-refractivity contribution in [1.29, 1.82) is 0 Å². The Bertz CT molecular complexity index is 1530. The summed E-state index contributed by atoms with van der Waals surface area (Å²) in [4.78, 5) is 65.0. The molecule has 0 aromatic heterocycles. The van der Waals surface area contributed by atoms with Crippen molar-refractivity contribution >= 4 is 40.8 Å². The van der Waals surface area contributed by atoms with Gasteiger partial charge < -0.3 is 10.1 Å². The van der Waals surface area contributed by atoms with Crippen molar-refractivity contribution in [2.24, 2.45) is 23.7 Å². The fourth-order valence-corrected chi connectivity index (χ4v) is 6.80. The first-order valence-corrected chi connectivity index (χ1v) is 13.4. The van der Waals surface area contributed by atoms with Crippen LogP contribution in [0.5, 0.6) is 0 Å². The molecule has 3 aromatic rings. The fourth-order valence-electron chi connectivity index (χ4n) is 6.80. The van der Waals surface area contributed by atoms with Gasteiger partial charge in [0.2, 0.25) is 11.8 Å². The topological polar surface area (TPSA) is 110 Å². The predicted octanol–water partition coefficient (Wildman–Crippen LogP) is 4.61. The number of ether oxygens (including phenoxy) is 1. The maximum atomic E-state index is 13.6. The first-order valence-electron chi connectivity index (χ1n) is 13.4. The Morgan fingerprint density at radius 1 is 0.850 bits per heavy atom. The largest absolute Gasteiger partial charge is 0.452 e. The number of Topliss-reactive ketones (excluding diaryl/α,β-unsaturated/α-hetero) is 1. The number of nitrogens with zero attached hydrogens (tertiary/aromatic N) is 1. The fraction of sp³-hybridized carbons (Fsp3) is 0.281. The molecule has 3 aliphatic rings. The van der Waals surface area contributed by atoms with Gasteiger partial charge in [0.05, 0.1) is 23.1 Å². The van der Waals surface area contributed by atoms with E-state index in [1.165, 1.54) is 29.5 Å². The molecule has 1 heterocycles. The number of amides is 3. The van der Waals surface area contributed by atoms with Crippen LogP contribution in [0, 0.1) is 23.7 Å². The molecule has 2 saturated carbocycles. The average Bonchev–Trinajstić information content (AvgIpc) is 3.63. The summed E-state index contributed by atoms with van der Waals surface area (Å²) in [5, 5.41) is 2.60. The standard InChI is InChI=1S/C32H28N2O6/c1-18(35)20-9-5-11-23(13-20)33-27(36)17-40-32(39)21-10-6-12-24(14-21)34-30(37)28-22-15-25(19-7-3-2-4-8-19)26(16-22)29(28)31(34)38/h2-14,22,25-26,28-29H,15-17H2,1H3,(H,33,36)/t22-,25-,26+,28+,29-/m0/s1. The number of fused-ring (bicyclic) bond motifs is 5. The maximum Gasteiger partial charge on any atom is 0.338 e. The first-order chi connectivity index (χ1) is 19.3. The summed E-state index contributed by atoms with van der Waals surface area (Å²) in [6, 6.07) is 22.8. The lowest BCUT2D eigenvalue weighted by atomic mass is 9.73. The van der Waals surface area contributed by atoms with Gasteiger partial charge in [-0.3, -0.25) is 24.1 Å². The van der Waals surface area contributed by atoms with E-state index in [1.54, 1.807) is 36.4 Å². The second-order valence-electron chi connectivity index (χ2n) is 10.8. The van der Waals surface area contributed by atoms with Crippen LogP contribution in [0.4, 0.5) is 11.4 Å². The highest BCUT2D eigenvalue weighted by Crippen LogP contribution is 2.61. The Hall–Kier alpha value is -4.59. The summed E-state index contributed by atoms with van der Waals surface area (Å²) in [6.45, 7) is 0.890. The summed E-state index contributed by atoms with van der Waals surface area (Å²) >= 11 is 0. The molecule has 3 aromatic carbocycles. The van der Waals surface area contributed by atoms with Gasteiger partial charge in [-0.25, -0.2) is 4.79 Å². The van der Waals surface area contributed by atoms with Crippen molar-refractivity contribution in [2.45, 2.75) is 25.7 Å². The van der Waals surface area contributed by atoms with Crippen LogP contribution in [0.3, 0.4) is 0 Å². The zero-order valence-corrected chi connectivity index (χ0v) is 21.9. The number of hydrogen-bond donors (Lipinski definition) is 1. The van der Waals surface area contributed by atoms with Crippen molar-refractivity contribution in [2.75, 3.05) is 16.8 Å². The van der Waals surface area contributed by atoms with Gasteiger partial charge in [0, 0.05) is 11.3 Å². The van der Waals surface area contributed by atoms with E-state index in [1.807, 2.05) is 18.2 Å². The second kappa shape index (κ2) is 10.2. The number of imide groups is 1. The third kappa shape index (κ3) is 4.49. The third-order valence-corrected chi connectivity index (χ3v) is 8.47. The van der Waals surface area contributed by atoms with E-state index < -0.39 is 18.5 Å². The molecule has 3 amide bonds. The number of anilines is 2. The quantitative estimate of drug-likeness (QED) is 0.268. The molecule has 6 rings (SSSR count). The van der Waals surface area contributed by atoms with Crippen LogP contribution < -0.4 is 10.2 Å². The number of ketones is 1. The normalized spacial score (nSPS) is 24.6. The predicted molar refractivity (Wildman–Crippen MR) is 147 cm³/mol. The molecule has 8 nitrogen and oxygen atoms in total. The van der Waals surface area contributed by atoms with Crippen molar-refractivity contribution in [3.05, 3.63) is 95.6 Å². The minimum atomic E-state index is -0.752. The Kier molecular flexibility index (Phi) is 6.54. The highest BCUT2D eigenvalue weighted by atomic mass is 16.5. The van der Waals surface area contributed by atoms with Crippen molar-refractivity contribution in [1.82, 2.24) is 0 Å². The number of hydrogen-bond acceptors (Lipinski definition) is 6. The first kappa shape index (κ1) is 25.7. The highest BCUT2D eigenvalue weighted by Gasteiger charge is 2.64. The van der Waals surface area contributed by atoms with Gasteiger partial charge in [-0.1, -0.05) is 48.5 Å². The van der Waals surface area contributed by atoms with Gasteiger partial charge in [-0.15, -0.1) is 0 Å². The van der Waals surface area contributed by atoms with Gasteiger partial charge >= 0.3 is 5.97 Å². The van der Waals surface area contributed by atoms with Crippen LogP contribution >= 0.6 is 0 Å². The van der Waals surface area contributed by atoms with Crippen molar-refractivity contribution < 1.29 is 28.7 Å². The van der Waals surface area contributed by atoms with E-state index in [9.17, 15) is 24.0 Å². The minimum Gasteiger partial charge on any atom is -0.452 e. The molecule has 0 spiro atoms. The molecule has 1 saturated heterocycles. The van der Waals surface area contributed by atoms with Crippen LogP contribution in [-0.4, -0.2) is 36.1 Å². The lowest BCUT2D eigenvalue weighted by Gasteiger charge is -2.28. The molecule has 1 N–H and O–H groups in total. The maximum absolute atomic E-state index is 13.6. The van der Waals surface area contributed by atoms with E-state index in [-0.39, 0.29) is 52.8 Å². The molecule has 0 unspecified atom stereocenters. The van der Waals surface area contributed by atoms with Crippen molar-refractivity contribution in [3.8, 4) is 0 Å². The number of carbonyl (C=O) groups is 5. The number of benzene rings is 3. The molecule has 202 valence electrons. The Balaban J connectivity index is 1.13. The SMILES string of the molecule is CC(=O)c1cccc(NC(=O)COC(=O)c2cccc(N3C(=O)[C@@H]4[C@@H]5C[C@@H]([C@@H]4C3=O)[C@H](c3ccccc3)C5)c2)c1. The molecule has 8 heteroatoms. The van der Waals surface area contributed by atoms with Gasteiger partial charge in [-0.2, -0.15) is 0 Å². The van der Waals surface area contributed by atoms with Gasteiger partial charge in [0.1, 0.15) is 0 Å². The minimum absolute atomic E-state index is 0.127. The van der Waals surface area contributed by atoms with Gasteiger partial charge in [0.15, 0.2) is 12.4 Å². The molecule has 2 bridgehead atoms. The van der Waals surface area contributed by atoms with E-state index >= 15 is 0 Å². The average molecular weight is 537 g/mol. The Morgan fingerprint density at radius 3 is 2.35 bits per heavy atom. The molecule has 0 radical (unpaired) electrons. The number of esters is 1. The van der Waals surface area contributed by atoms with Crippen LogP contribution in [0.15, 0.2) is 78.9 Å². The number of nitrogens with one attached hydrogen (secondary N) is 1. The molecule has 40 heavy (non-hydrogen) atoms. The van der Waals surface area contributed by atoms with E-state index in [2.05, 4.69) is 17.4 Å².